The maximum absolute atomic E-state index is 11.6. The molecule has 0 unspecified atom stereocenters. The van der Waals surface area contributed by atoms with Crippen LogP contribution in [0.5, 0.6) is 0 Å². The highest BCUT2D eigenvalue weighted by Crippen LogP contribution is 2.27. The number of nitrogens with one attached hydrogen (secondary N) is 1. The van der Waals surface area contributed by atoms with Gasteiger partial charge >= 0.3 is 5.97 Å². The van der Waals surface area contributed by atoms with Gasteiger partial charge in [-0.05, 0) is 43.3 Å². The van der Waals surface area contributed by atoms with Gasteiger partial charge in [0, 0.05) is 17.2 Å². The van der Waals surface area contributed by atoms with E-state index in [2.05, 4.69) is 4.98 Å². The number of furan rings is 1. The van der Waals surface area contributed by atoms with Crippen LogP contribution in [-0.4, -0.2) is 32.2 Å². The van der Waals surface area contributed by atoms with Crippen LogP contribution in [0.15, 0.2) is 45.7 Å². The Morgan fingerprint density at radius 2 is 2.00 bits per heavy atom. The summed E-state index contributed by atoms with van der Waals surface area (Å²) in [5.74, 6) is 0.0803. The number of H-pyrrole nitrogens is 1. The van der Waals surface area contributed by atoms with Crippen molar-refractivity contribution in [1.82, 2.24) is 4.98 Å². The molecule has 7 heteroatoms. The molecule has 0 atom stereocenters. The standard InChI is InChI=1S/C16H15NO5S/c1-3-21-16(18)15-7-6-14(22-15)13-9-10-8-11(23(2,19)20)4-5-12(10)17-13/h4-9,17H,3H2,1-2H3. The topological polar surface area (TPSA) is 89.4 Å². The molecule has 2 aromatic heterocycles. The number of carbonyl (C=O) groups excluding carboxylic acids is 1. The Morgan fingerprint density at radius 1 is 1.22 bits per heavy atom. The zero-order valence-corrected chi connectivity index (χ0v) is 13.4. The quantitative estimate of drug-likeness (QED) is 0.741. The van der Waals surface area contributed by atoms with Gasteiger partial charge in [0.15, 0.2) is 15.6 Å². The molecule has 120 valence electrons. The molecule has 3 aromatic rings. The van der Waals surface area contributed by atoms with Gasteiger partial charge in [-0.2, -0.15) is 0 Å². The van der Waals surface area contributed by atoms with Crippen LogP contribution < -0.4 is 0 Å². The predicted molar refractivity (Wildman–Crippen MR) is 85.1 cm³/mol. The molecule has 0 saturated heterocycles. The first-order valence-electron chi connectivity index (χ1n) is 6.98. The second kappa shape index (κ2) is 5.58. The van der Waals surface area contributed by atoms with Crippen molar-refractivity contribution in [2.24, 2.45) is 0 Å². The van der Waals surface area contributed by atoms with E-state index in [0.29, 0.717) is 11.5 Å². The zero-order valence-electron chi connectivity index (χ0n) is 12.6. The largest absolute Gasteiger partial charge is 0.460 e. The number of ether oxygens (including phenoxy) is 1. The first kappa shape index (κ1) is 15.4. The minimum absolute atomic E-state index is 0.123. The lowest BCUT2D eigenvalue weighted by Gasteiger charge is -1.97. The van der Waals surface area contributed by atoms with Crippen molar-refractivity contribution in [2.45, 2.75) is 11.8 Å². The van der Waals surface area contributed by atoms with Crippen LogP contribution in [0.2, 0.25) is 0 Å². The van der Waals surface area contributed by atoms with Gasteiger partial charge in [-0.25, -0.2) is 13.2 Å². The fourth-order valence-electron chi connectivity index (χ4n) is 2.27. The van der Waals surface area contributed by atoms with Gasteiger partial charge in [0.05, 0.1) is 17.2 Å². The minimum atomic E-state index is -3.26. The number of esters is 1. The van der Waals surface area contributed by atoms with Crippen molar-refractivity contribution in [3.63, 3.8) is 0 Å². The fraction of sp³-hybridized carbons (Fsp3) is 0.188. The molecule has 0 aliphatic rings. The molecule has 0 aliphatic heterocycles. The van der Waals surface area contributed by atoms with Gasteiger partial charge in [-0.1, -0.05) is 0 Å². The Balaban J connectivity index is 1.99. The molecule has 2 heterocycles. The third-order valence-corrected chi connectivity index (χ3v) is 4.48. The normalized spacial score (nSPS) is 11.7. The third-order valence-electron chi connectivity index (χ3n) is 3.37. The Labute approximate surface area is 133 Å². The summed E-state index contributed by atoms with van der Waals surface area (Å²) in [6.45, 7) is 1.99. The molecule has 3 rings (SSSR count). The van der Waals surface area contributed by atoms with Gasteiger partial charge in [0.1, 0.15) is 0 Å². The molecule has 0 amide bonds. The number of benzene rings is 1. The van der Waals surface area contributed by atoms with Crippen molar-refractivity contribution in [2.75, 3.05) is 12.9 Å². The first-order valence-corrected chi connectivity index (χ1v) is 8.88. The average molecular weight is 333 g/mol. The Bertz CT molecular complexity index is 981. The summed E-state index contributed by atoms with van der Waals surface area (Å²) in [4.78, 5) is 15.0. The number of carbonyl (C=O) groups is 1. The zero-order chi connectivity index (χ0) is 16.6. The maximum atomic E-state index is 11.6. The van der Waals surface area contributed by atoms with E-state index >= 15 is 0 Å². The van der Waals surface area contributed by atoms with Crippen LogP contribution in [0, 0.1) is 0 Å². The van der Waals surface area contributed by atoms with E-state index < -0.39 is 15.8 Å². The maximum Gasteiger partial charge on any atom is 0.374 e. The lowest BCUT2D eigenvalue weighted by Crippen LogP contribution is -2.02. The molecule has 0 radical (unpaired) electrons. The molecule has 0 fully saturated rings. The summed E-state index contributed by atoms with van der Waals surface area (Å²) >= 11 is 0. The Hall–Kier alpha value is -2.54. The molecule has 0 aliphatic carbocycles. The fourth-order valence-corrected chi connectivity index (χ4v) is 2.92. The Morgan fingerprint density at radius 3 is 2.70 bits per heavy atom. The van der Waals surface area contributed by atoms with E-state index in [9.17, 15) is 13.2 Å². The highest BCUT2D eigenvalue weighted by atomic mass is 32.2. The lowest BCUT2D eigenvalue weighted by atomic mass is 10.2. The first-order chi connectivity index (χ1) is 10.9. The molecule has 0 saturated carbocycles. The van der Waals surface area contributed by atoms with Crippen LogP contribution in [0.4, 0.5) is 0 Å². The summed E-state index contributed by atoms with van der Waals surface area (Å²) in [7, 11) is -3.26. The molecule has 0 spiro atoms. The summed E-state index contributed by atoms with van der Waals surface area (Å²) in [5.41, 5.74) is 1.43. The highest BCUT2D eigenvalue weighted by Gasteiger charge is 2.15. The van der Waals surface area contributed by atoms with Crippen LogP contribution in [0.1, 0.15) is 17.5 Å². The van der Waals surface area contributed by atoms with Gasteiger partial charge in [-0.3, -0.25) is 0 Å². The van der Waals surface area contributed by atoms with Crippen molar-refractivity contribution in [3.8, 4) is 11.5 Å². The summed E-state index contributed by atoms with van der Waals surface area (Å²) in [6, 6.07) is 9.82. The van der Waals surface area contributed by atoms with Gasteiger partial charge in [-0.15, -0.1) is 0 Å². The number of aromatic nitrogens is 1. The lowest BCUT2D eigenvalue weighted by molar-refractivity contribution is 0.0491. The molecule has 23 heavy (non-hydrogen) atoms. The number of fused-ring (bicyclic) bond motifs is 1. The second-order valence-corrected chi connectivity index (χ2v) is 7.10. The van der Waals surface area contributed by atoms with E-state index in [1.165, 1.54) is 6.26 Å². The van der Waals surface area contributed by atoms with Crippen molar-refractivity contribution in [1.29, 1.82) is 0 Å². The number of rotatable bonds is 4. The summed E-state index contributed by atoms with van der Waals surface area (Å²) in [5, 5.41) is 0.747. The molecule has 6 nitrogen and oxygen atoms in total. The van der Waals surface area contributed by atoms with Gasteiger partial charge in [0.2, 0.25) is 5.76 Å². The number of aromatic amines is 1. The number of hydrogen-bond acceptors (Lipinski definition) is 5. The van der Waals surface area contributed by atoms with E-state index in [1.54, 1.807) is 43.3 Å². The minimum Gasteiger partial charge on any atom is -0.460 e. The van der Waals surface area contributed by atoms with E-state index in [1.807, 2.05) is 0 Å². The SMILES string of the molecule is CCOC(=O)c1ccc(-c2cc3cc(S(C)(=O)=O)ccc3[nH]2)o1. The summed E-state index contributed by atoms with van der Waals surface area (Å²) in [6.07, 6.45) is 1.17. The van der Waals surface area contributed by atoms with Crippen molar-refractivity contribution < 1.29 is 22.4 Å². The van der Waals surface area contributed by atoms with E-state index in [4.69, 9.17) is 9.15 Å². The number of hydrogen-bond donors (Lipinski definition) is 1. The molecular weight excluding hydrogens is 318 g/mol. The second-order valence-electron chi connectivity index (χ2n) is 5.09. The van der Waals surface area contributed by atoms with Gasteiger partial charge in [0.25, 0.3) is 0 Å². The van der Waals surface area contributed by atoms with E-state index in [0.717, 1.165) is 10.9 Å². The Kier molecular flexibility index (Phi) is 3.73. The van der Waals surface area contributed by atoms with Crippen molar-refractivity contribution in [3.05, 3.63) is 42.2 Å². The molecular formula is C16H15NO5S. The van der Waals surface area contributed by atoms with E-state index in [-0.39, 0.29) is 17.3 Å². The monoisotopic (exact) mass is 333 g/mol. The smallest absolute Gasteiger partial charge is 0.374 e. The van der Waals surface area contributed by atoms with Crippen LogP contribution in [-0.2, 0) is 14.6 Å². The molecule has 1 aromatic carbocycles. The number of sulfone groups is 1. The summed E-state index contributed by atoms with van der Waals surface area (Å²) < 4.78 is 33.6. The van der Waals surface area contributed by atoms with Crippen LogP contribution >= 0.6 is 0 Å². The van der Waals surface area contributed by atoms with Gasteiger partial charge < -0.3 is 14.1 Å². The van der Waals surface area contributed by atoms with Crippen LogP contribution in [0.25, 0.3) is 22.4 Å². The third kappa shape index (κ3) is 3.00. The predicted octanol–water partition coefficient (Wildman–Crippen LogP) is 3.01. The molecule has 0 bridgehead atoms. The average Bonchev–Trinajstić information content (AvgIpc) is 3.12. The highest BCUT2D eigenvalue weighted by molar-refractivity contribution is 7.90. The van der Waals surface area contributed by atoms with Crippen LogP contribution in [0.3, 0.4) is 0 Å². The van der Waals surface area contributed by atoms with Crippen molar-refractivity contribution >= 4 is 26.7 Å². The molecule has 1 N–H and O–H groups in total.